The number of pyridine rings is 1. The molecule has 0 aromatic carbocycles. The van der Waals surface area contributed by atoms with Crippen LogP contribution in [0.15, 0.2) is 18.3 Å². The number of hydrogen-bond donors (Lipinski definition) is 2. The lowest BCUT2D eigenvalue weighted by molar-refractivity contribution is -0.135. The highest BCUT2D eigenvalue weighted by Gasteiger charge is 2.26. The van der Waals surface area contributed by atoms with Crippen LogP contribution in [0.4, 0.5) is 18.9 Å². The van der Waals surface area contributed by atoms with E-state index in [0.717, 1.165) is 4.70 Å². The van der Waals surface area contributed by atoms with Crippen LogP contribution in [0.1, 0.15) is 22.5 Å². The van der Waals surface area contributed by atoms with Gasteiger partial charge >= 0.3 is 6.18 Å². The van der Waals surface area contributed by atoms with Gasteiger partial charge in [-0.05, 0) is 18.6 Å². The van der Waals surface area contributed by atoms with Gasteiger partial charge in [-0.25, -0.2) is 0 Å². The molecule has 4 nitrogen and oxygen atoms in total. The monoisotopic (exact) mass is 303 g/mol. The number of hydrogen-bond acceptors (Lipinski definition) is 4. The molecule has 0 fully saturated rings. The largest absolute Gasteiger partial charge is 0.396 e. The second kappa shape index (κ2) is 5.66. The second-order valence-electron chi connectivity index (χ2n) is 4.17. The van der Waals surface area contributed by atoms with Crippen molar-refractivity contribution in [3.63, 3.8) is 0 Å². The highest BCUT2D eigenvalue weighted by Crippen LogP contribution is 2.31. The molecule has 108 valence electrons. The fraction of sp³-hybridized carbons (Fsp3) is 0.333. The first-order valence-electron chi connectivity index (χ1n) is 5.86. The lowest BCUT2D eigenvalue weighted by Gasteiger charge is -2.07. The summed E-state index contributed by atoms with van der Waals surface area (Å²) in [6.07, 6.45) is -3.71. The molecule has 2 heterocycles. The van der Waals surface area contributed by atoms with Gasteiger partial charge in [0.25, 0.3) is 5.91 Å². The number of aromatic nitrogens is 1. The predicted octanol–water partition coefficient (Wildman–Crippen LogP) is 2.95. The Kier molecular flexibility index (Phi) is 4.12. The highest BCUT2D eigenvalue weighted by molar-refractivity contribution is 7.21. The summed E-state index contributed by atoms with van der Waals surface area (Å²) in [4.78, 5) is 16.2. The van der Waals surface area contributed by atoms with Gasteiger partial charge < -0.3 is 11.1 Å². The first-order chi connectivity index (χ1) is 9.38. The molecule has 2 aromatic rings. The van der Waals surface area contributed by atoms with E-state index in [1.54, 1.807) is 18.3 Å². The van der Waals surface area contributed by atoms with Crippen LogP contribution < -0.4 is 11.1 Å². The number of nitrogen functional groups attached to an aromatic ring is 1. The second-order valence-corrected chi connectivity index (χ2v) is 5.22. The molecule has 20 heavy (non-hydrogen) atoms. The summed E-state index contributed by atoms with van der Waals surface area (Å²) in [6, 6.07) is 3.51. The number of nitrogens with one attached hydrogen (secondary N) is 1. The van der Waals surface area contributed by atoms with Gasteiger partial charge in [0, 0.05) is 19.2 Å². The average molecular weight is 303 g/mol. The van der Waals surface area contributed by atoms with E-state index < -0.39 is 18.5 Å². The topological polar surface area (TPSA) is 68.0 Å². The van der Waals surface area contributed by atoms with E-state index in [-0.39, 0.29) is 23.5 Å². The van der Waals surface area contributed by atoms with Crippen molar-refractivity contribution in [3.05, 3.63) is 23.2 Å². The fourth-order valence-electron chi connectivity index (χ4n) is 1.69. The molecule has 0 aliphatic heterocycles. The molecule has 0 aliphatic carbocycles. The maximum atomic E-state index is 12.0. The van der Waals surface area contributed by atoms with Crippen LogP contribution in [0.25, 0.3) is 10.2 Å². The summed E-state index contributed by atoms with van der Waals surface area (Å²) < 4.78 is 36.7. The normalized spacial score (nSPS) is 11.8. The first-order valence-corrected chi connectivity index (χ1v) is 6.68. The summed E-state index contributed by atoms with van der Waals surface area (Å²) in [6.45, 7) is -0.0422. The maximum absolute atomic E-state index is 12.0. The third-order valence-electron chi connectivity index (χ3n) is 2.61. The van der Waals surface area contributed by atoms with Gasteiger partial charge in [-0.15, -0.1) is 11.3 Å². The molecule has 0 aliphatic rings. The van der Waals surface area contributed by atoms with Gasteiger partial charge in [0.15, 0.2) is 0 Å². The number of nitrogens with two attached hydrogens (primary N) is 1. The fourth-order valence-corrected chi connectivity index (χ4v) is 2.68. The van der Waals surface area contributed by atoms with Crippen molar-refractivity contribution in [2.24, 2.45) is 0 Å². The van der Waals surface area contributed by atoms with Gasteiger partial charge in [-0.1, -0.05) is 0 Å². The van der Waals surface area contributed by atoms with Gasteiger partial charge in [0.05, 0.1) is 10.4 Å². The van der Waals surface area contributed by atoms with E-state index in [1.807, 2.05) is 0 Å². The smallest absolute Gasteiger partial charge is 0.389 e. The summed E-state index contributed by atoms with van der Waals surface area (Å²) in [7, 11) is 0. The zero-order valence-electron chi connectivity index (χ0n) is 10.3. The van der Waals surface area contributed by atoms with Crippen molar-refractivity contribution < 1.29 is 18.0 Å². The number of anilines is 1. The quantitative estimate of drug-likeness (QED) is 0.853. The Balaban J connectivity index is 1.99. The minimum absolute atomic E-state index is 0.0422. The Morgan fingerprint density at radius 1 is 1.45 bits per heavy atom. The van der Waals surface area contributed by atoms with E-state index >= 15 is 0 Å². The molecule has 0 saturated heterocycles. The number of amides is 1. The number of thiophene rings is 1. The summed E-state index contributed by atoms with van der Waals surface area (Å²) in [5.74, 6) is -0.465. The van der Waals surface area contributed by atoms with Crippen molar-refractivity contribution in [1.29, 1.82) is 0 Å². The van der Waals surface area contributed by atoms with Crippen molar-refractivity contribution in [1.82, 2.24) is 10.3 Å². The lowest BCUT2D eigenvalue weighted by Crippen LogP contribution is -2.25. The van der Waals surface area contributed by atoms with Crippen molar-refractivity contribution >= 4 is 33.1 Å². The van der Waals surface area contributed by atoms with Crippen molar-refractivity contribution in [3.8, 4) is 0 Å². The first kappa shape index (κ1) is 14.6. The summed E-state index contributed by atoms with van der Waals surface area (Å²) in [5, 5.41) is 2.44. The molecule has 0 saturated carbocycles. The number of halogens is 3. The molecule has 0 spiro atoms. The van der Waals surface area contributed by atoms with E-state index in [9.17, 15) is 18.0 Å². The Morgan fingerprint density at radius 2 is 2.20 bits per heavy atom. The Bertz CT molecular complexity index is 624. The van der Waals surface area contributed by atoms with Gasteiger partial charge in [-0.3, -0.25) is 9.78 Å². The maximum Gasteiger partial charge on any atom is 0.389 e. The summed E-state index contributed by atoms with van der Waals surface area (Å²) >= 11 is 1.17. The molecule has 0 bridgehead atoms. The summed E-state index contributed by atoms with van der Waals surface area (Å²) in [5.41, 5.74) is 6.62. The van der Waals surface area contributed by atoms with Crippen LogP contribution in [0, 0.1) is 0 Å². The van der Waals surface area contributed by atoms with Crippen LogP contribution in [-0.2, 0) is 0 Å². The molecule has 1 amide bonds. The minimum Gasteiger partial charge on any atom is -0.396 e. The standard InChI is InChI=1S/C12H12F3N3OS/c13-12(14,15)4-2-6-18-11(19)10-8(16)9-7(20-10)3-1-5-17-9/h1,3,5H,2,4,6,16H2,(H,18,19). The van der Waals surface area contributed by atoms with Crippen LogP contribution >= 0.6 is 11.3 Å². The number of carbonyl (C=O) groups excluding carboxylic acids is 1. The third-order valence-corrected chi connectivity index (χ3v) is 3.77. The highest BCUT2D eigenvalue weighted by atomic mass is 32.1. The van der Waals surface area contributed by atoms with E-state index in [2.05, 4.69) is 10.3 Å². The van der Waals surface area contributed by atoms with Crippen molar-refractivity contribution in [2.45, 2.75) is 19.0 Å². The zero-order valence-corrected chi connectivity index (χ0v) is 11.1. The number of alkyl halides is 3. The molecular formula is C12H12F3N3OS. The average Bonchev–Trinajstić information content (AvgIpc) is 2.72. The molecule has 8 heteroatoms. The zero-order chi connectivity index (χ0) is 14.8. The third kappa shape index (κ3) is 3.38. The van der Waals surface area contributed by atoms with E-state index in [4.69, 9.17) is 5.73 Å². The number of fused-ring (bicyclic) bond motifs is 1. The number of rotatable bonds is 4. The molecule has 2 aromatic heterocycles. The molecule has 0 unspecified atom stereocenters. The van der Waals surface area contributed by atoms with E-state index in [0.29, 0.717) is 5.52 Å². The number of carbonyl (C=O) groups is 1. The van der Waals surface area contributed by atoms with Crippen LogP contribution in [0.2, 0.25) is 0 Å². The molecular weight excluding hydrogens is 291 g/mol. The Labute approximate surface area is 116 Å². The molecule has 3 N–H and O–H groups in total. The van der Waals surface area contributed by atoms with Gasteiger partial charge in [0.2, 0.25) is 0 Å². The predicted molar refractivity (Wildman–Crippen MR) is 71.7 cm³/mol. The lowest BCUT2D eigenvalue weighted by atomic mass is 10.3. The molecule has 0 atom stereocenters. The van der Waals surface area contributed by atoms with Crippen molar-refractivity contribution in [2.75, 3.05) is 12.3 Å². The van der Waals surface area contributed by atoms with Gasteiger partial charge in [-0.2, -0.15) is 13.2 Å². The molecule has 0 radical (unpaired) electrons. The van der Waals surface area contributed by atoms with E-state index in [1.165, 1.54) is 11.3 Å². The van der Waals surface area contributed by atoms with Crippen LogP contribution in [0.3, 0.4) is 0 Å². The van der Waals surface area contributed by atoms with Crippen LogP contribution in [-0.4, -0.2) is 23.6 Å². The molecule has 2 rings (SSSR count). The Morgan fingerprint density at radius 3 is 2.85 bits per heavy atom. The van der Waals surface area contributed by atoms with Gasteiger partial charge in [0.1, 0.15) is 10.4 Å². The Hall–Kier alpha value is -1.83. The SMILES string of the molecule is Nc1c(C(=O)NCCCC(F)(F)F)sc2cccnc12. The minimum atomic E-state index is -4.20. The number of nitrogens with zero attached hydrogens (tertiary/aromatic N) is 1. The van der Waals surface area contributed by atoms with Crippen LogP contribution in [0.5, 0.6) is 0 Å².